The molecular formula is C8H11N3O4. The minimum atomic E-state index is -0.873. The summed E-state index contributed by atoms with van der Waals surface area (Å²) in [5.74, 6) is 0.410. The second-order valence-electron chi connectivity index (χ2n) is 2.88. The van der Waals surface area contributed by atoms with Crippen molar-refractivity contribution >= 4 is 11.5 Å². The van der Waals surface area contributed by atoms with E-state index < -0.39 is 11.0 Å². The fourth-order valence-corrected chi connectivity index (χ4v) is 0.886. The summed E-state index contributed by atoms with van der Waals surface area (Å²) in [6.45, 7) is -0.207. The van der Waals surface area contributed by atoms with Gasteiger partial charge in [-0.05, 0) is 6.07 Å². The molecule has 0 spiro atoms. The van der Waals surface area contributed by atoms with Gasteiger partial charge in [-0.25, -0.2) is 4.98 Å². The van der Waals surface area contributed by atoms with Crippen molar-refractivity contribution in [1.82, 2.24) is 4.98 Å². The van der Waals surface area contributed by atoms with Crippen LogP contribution < -0.4 is 5.32 Å². The summed E-state index contributed by atoms with van der Waals surface area (Å²) in [7, 11) is 0. The molecule has 82 valence electrons. The molecule has 0 aliphatic rings. The first-order valence-electron chi connectivity index (χ1n) is 4.26. The largest absolute Gasteiger partial charge is 0.394 e. The number of aliphatic hydroxyl groups excluding tert-OH is 2. The summed E-state index contributed by atoms with van der Waals surface area (Å²) in [5.41, 5.74) is -0.0942. The minimum Gasteiger partial charge on any atom is -0.394 e. The van der Waals surface area contributed by atoms with Crippen LogP contribution in [-0.2, 0) is 0 Å². The van der Waals surface area contributed by atoms with Crippen LogP contribution in [0, 0.1) is 10.1 Å². The topological polar surface area (TPSA) is 109 Å². The molecule has 0 unspecified atom stereocenters. The normalized spacial score (nSPS) is 12.1. The number of rotatable bonds is 5. The first-order chi connectivity index (χ1) is 7.13. The zero-order valence-corrected chi connectivity index (χ0v) is 7.83. The molecule has 1 atom stereocenters. The predicted octanol–water partition coefficient (Wildman–Crippen LogP) is -0.245. The van der Waals surface area contributed by atoms with E-state index in [1.54, 1.807) is 0 Å². The fourth-order valence-electron chi connectivity index (χ4n) is 0.886. The molecule has 1 aromatic rings. The molecule has 3 N–H and O–H groups in total. The van der Waals surface area contributed by atoms with Gasteiger partial charge in [0.1, 0.15) is 12.0 Å². The maximum atomic E-state index is 10.3. The average Bonchev–Trinajstić information content (AvgIpc) is 2.26. The van der Waals surface area contributed by atoms with Crippen LogP contribution in [0.1, 0.15) is 0 Å². The van der Waals surface area contributed by atoms with Gasteiger partial charge in [-0.2, -0.15) is 0 Å². The Morgan fingerprint density at radius 2 is 2.33 bits per heavy atom. The zero-order chi connectivity index (χ0) is 11.3. The molecule has 1 aromatic heterocycles. The summed E-state index contributed by atoms with van der Waals surface area (Å²) in [6.07, 6.45) is 0.246. The summed E-state index contributed by atoms with van der Waals surface area (Å²) >= 11 is 0. The highest BCUT2D eigenvalue weighted by molar-refractivity contribution is 5.40. The van der Waals surface area contributed by atoms with Crippen molar-refractivity contribution in [2.75, 3.05) is 18.5 Å². The Hall–Kier alpha value is -1.73. The Balaban J connectivity index is 2.53. The Morgan fingerprint density at radius 1 is 1.60 bits per heavy atom. The van der Waals surface area contributed by atoms with Crippen molar-refractivity contribution in [3.05, 3.63) is 28.4 Å². The highest BCUT2D eigenvalue weighted by Gasteiger charge is 2.06. The number of hydrogen-bond acceptors (Lipinski definition) is 6. The highest BCUT2D eigenvalue weighted by Crippen LogP contribution is 2.11. The van der Waals surface area contributed by atoms with Gasteiger partial charge in [0.25, 0.3) is 5.69 Å². The van der Waals surface area contributed by atoms with E-state index in [-0.39, 0.29) is 18.8 Å². The molecule has 1 rings (SSSR count). The van der Waals surface area contributed by atoms with Crippen LogP contribution in [0.25, 0.3) is 0 Å². The Bertz CT molecular complexity index is 327. The molecule has 0 aromatic carbocycles. The highest BCUT2D eigenvalue weighted by atomic mass is 16.6. The Morgan fingerprint density at radius 3 is 2.80 bits per heavy atom. The van der Waals surface area contributed by atoms with Crippen LogP contribution >= 0.6 is 0 Å². The third kappa shape index (κ3) is 3.49. The quantitative estimate of drug-likeness (QED) is 0.460. The molecular weight excluding hydrogens is 202 g/mol. The second kappa shape index (κ2) is 5.23. The van der Waals surface area contributed by atoms with Crippen molar-refractivity contribution in [1.29, 1.82) is 0 Å². The molecule has 0 fully saturated rings. The van der Waals surface area contributed by atoms with Crippen LogP contribution in [0.4, 0.5) is 11.5 Å². The lowest BCUT2D eigenvalue weighted by atomic mass is 10.3. The average molecular weight is 213 g/mol. The molecule has 15 heavy (non-hydrogen) atoms. The lowest BCUT2D eigenvalue weighted by molar-refractivity contribution is -0.385. The monoisotopic (exact) mass is 213 g/mol. The zero-order valence-electron chi connectivity index (χ0n) is 7.83. The third-order valence-corrected chi connectivity index (χ3v) is 1.69. The maximum absolute atomic E-state index is 10.3. The maximum Gasteiger partial charge on any atom is 0.287 e. The SMILES string of the molecule is O=[N+]([O-])c1ccc(NC[C@H](O)CO)nc1. The summed E-state index contributed by atoms with van der Waals surface area (Å²) in [6, 6.07) is 2.74. The van der Waals surface area contributed by atoms with E-state index in [9.17, 15) is 10.1 Å². The van der Waals surface area contributed by atoms with E-state index in [2.05, 4.69) is 10.3 Å². The van der Waals surface area contributed by atoms with Gasteiger partial charge < -0.3 is 15.5 Å². The first-order valence-corrected chi connectivity index (χ1v) is 4.26. The molecule has 1 heterocycles. The van der Waals surface area contributed by atoms with Gasteiger partial charge in [0, 0.05) is 12.6 Å². The molecule has 0 amide bonds. The standard InChI is InChI=1S/C8H11N3O4/c12-5-7(13)4-10-8-2-1-6(3-9-8)11(14)15/h1-3,7,12-13H,4-5H2,(H,9,10)/t7-/m0/s1. The molecule has 0 bridgehead atoms. The summed E-state index contributed by atoms with van der Waals surface area (Å²) in [5, 5.41) is 30.6. The number of nitrogens with zero attached hydrogens (tertiary/aromatic N) is 2. The van der Waals surface area contributed by atoms with Gasteiger partial charge >= 0.3 is 0 Å². The number of aromatic nitrogens is 1. The van der Waals surface area contributed by atoms with E-state index in [1.165, 1.54) is 12.1 Å². The smallest absolute Gasteiger partial charge is 0.287 e. The molecule has 0 radical (unpaired) electrons. The molecule has 0 saturated carbocycles. The molecule has 0 aliphatic carbocycles. The van der Waals surface area contributed by atoms with E-state index in [1.807, 2.05) is 0 Å². The molecule has 7 heteroatoms. The van der Waals surface area contributed by atoms with Crippen molar-refractivity contribution in [3.63, 3.8) is 0 Å². The van der Waals surface area contributed by atoms with E-state index in [0.29, 0.717) is 5.82 Å². The number of hydrogen-bond donors (Lipinski definition) is 3. The second-order valence-corrected chi connectivity index (χ2v) is 2.88. The number of pyridine rings is 1. The van der Waals surface area contributed by atoms with Gasteiger partial charge in [0.05, 0.1) is 17.6 Å². The summed E-state index contributed by atoms with van der Waals surface area (Å²) in [4.78, 5) is 13.5. The minimum absolute atomic E-state index is 0.0942. The van der Waals surface area contributed by atoms with Gasteiger partial charge in [0.2, 0.25) is 0 Å². The number of nitro groups is 1. The lowest BCUT2D eigenvalue weighted by Crippen LogP contribution is -2.23. The van der Waals surface area contributed by atoms with Crippen LogP contribution in [0.15, 0.2) is 18.3 Å². The third-order valence-electron chi connectivity index (χ3n) is 1.69. The number of nitrogens with one attached hydrogen (secondary N) is 1. The van der Waals surface area contributed by atoms with Gasteiger partial charge in [0.15, 0.2) is 0 Å². The van der Waals surface area contributed by atoms with Crippen LogP contribution in [-0.4, -0.2) is 39.4 Å². The Kier molecular flexibility index (Phi) is 3.95. The fraction of sp³-hybridized carbons (Fsp3) is 0.375. The Labute approximate surface area is 85.5 Å². The first kappa shape index (κ1) is 11.3. The van der Waals surface area contributed by atoms with Crippen molar-refractivity contribution < 1.29 is 15.1 Å². The van der Waals surface area contributed by atoms with E-state index in [4.69, 9.17) is 10.2 Å². The molecule has 0 aliphatic heterocycles. The van der Waals surface area contributed by atoms with Gasteiger partial charge in [-0.1, -0.05) is 0 Å². The van der Waals surface area contributed by atoms with Gasteiger partial charge in [-0.15, -0.1) is 0 Å². The van der Waals surface area contributed by atoms with Crippen LogP contribution in [0.3, 0.4) is 0 Å². The molecule has 7 nitrogen and oxygen atoms in total. The summed E-state index contributed by atoms with van der Waals surface area (Å²) < 4.78 is 0. The van der Waals surface area contributed by atoms with Crippen molar-refractivity contribution in [2.45, 2.75) is 6.10 Å². The van der Waals surface area contributed by atoms with Crippen LogP contribution in [0.5, 0.6) is 0 Å². The van der Waals surface area contributed by atoms with Crippen molar-refractivity contribution in [3.8, 4) is 0 Å². The van der Waals surface area contributed by atoms with E-state index in [0.717, 1.165) is 6.20 Å². The van der Waals surface area contributed by atoms with Crippen LogP contribution in [0.2, 0.25) is 0 Å². The number of anilines is 1. The van der Waals surface area contributed by atoms with Gasteiger partial charge in [-0.3, -0.25) is 10.1 Å². The van der Waals surface area contributed by atoms with Crippen molar-refractivity contribution in [2.24, 2.45) is 0 Å². The number of aliphatic hydroxyl groups is 2. The molecule has 0 saturated heterocycles. The predicted molar refractivity (Wildman–Crippen MR) is 52.5 cm³/mol. The lowest BCUT2D eigenvalue weighted by Gasteiger charge is -2.08. The van der Waals surface area contributed by atoms with E-state index >= 15 is 0 Å².